The molecule has 3 rings (SSSR count). The standard InChI is InChI=1S/C14H15N/c1-9-8-10(2)15-13-7-5-4-6-12(13)11(3)14(9)15/h4-8,11H,1-3H3. The molecule has 0 fully saturated rings. The molecule has 1 heteroatoms. The van der Waals surface area contributed by atoms with Gasteiger partial charge in [-0.2, -0.15) is 0 Å². The van der Waals surface area contributed by atoms with Crippen LogP contribution in [0.25, 0.3) is 5.69 Å². The van der Waals surface area contributed by atoms with Gasteiger partial charge in [-0.15, -0.1) is 0 Å². The lowest BCUT2D eigenvalue weighted by molar-refractivity contribution is 0.886. The molecule has 0 bridgehead atoms. The van der Waals surface area contributed by atoms with Gasteiger partial charge >= 0.3 is 0 Å². The topological polar surface area (TPSA) is 4.93 Å². The normalized spacial score (nSPS) is 17.7. The van der Waals surface area contributed by atoms with E-state index in [1.54, 1.807) is 0 Å². The minimum absolute atomic E-state index is 0.537. The zero-order chi connectivity index (χ0) is 10.6. The first-order valence-electron chi connectivity index (χ1n) is 5.48. The average Bonchev–Trinajstić information content (AvgIpc) is 2.68. The number of para-hydroxylation sites is 1. The molecule has 76 valence electrons. The lowest BCUT2D eigenvalue weighted by Gasteiger charge is -2.04. The van der Waals surface area contributed by atoms with Crippen LogP contribution in [0.1, 0.15) is 35.4 Å². The van der Waals surface area contributed by atoms with Crippen LogP contribution in [-0.2, 0) is 0 Å². The summed E-state index contributed by atoms with van der Waals surface area (Å²) in [5.41, 5.74) is 7.05. The molecule has 2 heterocycles. The summed E-state index contributed by atoms with van der Waals surface area (Å²) in [6, 6.07) is 11.0. The van der Waals surface area contributed by atoms with Crippen molar-refractivity contribution in [2.24, 2.45) is 0 Å². The van der Waals surface area contributed by atoms with Crippen LogP contribution in [0, 0.1) is 13.8 Å². The van der Waals surface area contributed by atoms with Crippen molar-refractivity contribution in [2.75, 3.05) is 0 Å². The van der Waals surface area contributed by atoms with E-state index in [0.717, 1.165) is 0 Å². The maximum Gasteiger partial charge on any atom is 0.0494 e. The van der Waals surface area contributed by atoms with E-state index < -0.39 is 0 Å². The van der Waals surface area contributed by atoms with Crippen molar-refractivity contribution in [1.82, 2.24) is 4.57 Å². The highest BCUT2D eigenvalue weighted by Gasteiger charge is 2.27. The van der Waals surface area contributed by atoms with E-state index in [0.29, 0.717) is 5.92 Å². The van der Waals surface area contributed by atoms with Crippen LogP contribution in [0.5, 0.6) is 0 Å². The van der Waals surface area contributed by atoms with Gasteiger partial charge in [-0.25, -0.2) is 0 Å². The van der Waals surface area contributed by atoms with Crippen LogP contribution in [-0.4, -0.2) is 4.57 Å². The lowest BCUT2D eigenvalue weighted by Crippen LogP contribution is -1.94. The number of aromatic nitrogens is 1. The summed E-state index contributed by atoms with van der Waals surface area (Å²) in [5.74, 6) is 0.537. The Morgan fingerprint density at radius 1 is 1.13 bits per heavy atom. The first-order chi connectivity index (χ1) is 7.20. The Morgan fingerprint density at radius 2 is 1.87 bits per heavy atom. The quantitative estimate of drug-likeness (QED) is 0.608. The molecule has 0 aliphatic carbocycles. The number of fused-ring (bicyclic) bond motifs is 3. The Hall–Kier alpha value is -1.50. The van der Waals surface area contributed by atoms with Crippen LogP contribution in [0.15, 0.2) is 30.3 Å². The first kappa shape index (κ1) is 8.78. The summed E-state index contributed by atoms with van der Waals surface area (Å²) in [7, 11) is 0. The fourth-order valence-corrected chi connectivity index (χ4v) is 2.88. The van der Waals surface area contributed by atoms with Crippen molar-refractivity contribution in [3.8, 4) is 5.69 Å². The van der Waals surface area contributed by atoms with Gasteiger partial charge in [-0.05, 0) is 37.1 Å². The fraction of sp³-hybridized carbons (Fsp3) is 0.286. The molecule has 0 saturated carbocycles. The summed E-state index contributed by atoms with van der Waals surface area (Å²) in [6.45, 7) is 6.69. The van der Waals surface area contributed by atoms with Crippen molar-refractivity contribution >= 4 is 0 Å². The van der Waals surface area contributed by atoms with Crippen LogP contribution >= 0.6 is 0 Å². The molecule has 1 unspecified atom stereocenters. The molecule has 1 aromatic heterocycles. The first-order valence-corrected chi connectivity index (χ1v) is 5.48. The summed E-state index contributed by atoms with van der Waals surface area (Å²) in [6.07, 6.45) is 0. The molecule has 1 atom stereocenters. The van der Waals surface area contributed by atoms with Gasteiger partial charge in [0.1, 0.15) is 0 Å². The van der Waals surface area contributed by atoms with Gasteiger partial charge in [0.05, 0.1) is 0 Å². The highest BCUT2D eigenvalue weighted by Crippen LogP contribution is 2.40. The molecular formula is C14H15N. The van der Waals surface area contributed by atoms with Gasteiger partial charge < -0.3 is 4.57 Å². The third kappa shape index (κ3) is 0.980. The zero-order valence-electron chi connectivity index (χ0n) is 9.41. The number of aryl methyl sites for hydroxylation is 2. The molecule has 0 amide bonds. The minimum Gasteiger partial charge on any atom is -0.317 e. The molecule has 15 heavy (non-hydrogen) atoms. The molecule has 0 N–H and O–H groups in total. The van der Waals surface area contributed by atoms with E-state index in [1.807, 2.05) is 0 Å². The Kier molecular flexibility index (Phi) is 1.61. The number of benzene rings is 1. The summed E-state index contributed by atoms with van der Waals surface area (Å²) in [5, 5.41) is 0. The van der Waals surface area contributed by atoms with Crippen LogP contribution in [0.3, 0.4) is 0 Å². The highest BCUT2D eigenvalue weighted by molar-refractivity contribution is 5.57. The SMILES string of the molecule is Cc1cc(C)n2c1C(C)c1ccccc1-2. The van der Waals surface area contributed by atoms with E-state index in [-0.39, 0.29) is 0 Å². The third-order valence-electron chi connectivity index (χ3n) is 3.48. The van der Waals surface area contributed by atoms with Crippen LogP contribution < -0.4 is 0 Å². The molecule has 1 aromatic carbocycles. The van der Waals surface area contributed by atoms with Gasteiger partial charge in [-0.1, -0.05) is 25.1 Å². The van der Waals surface area contributed by atoms with Crippen molar-refractivity contribution < 1.29 is 0 Å². The van der Waals surface area contributed by atoms with E-state index in [2.05, 4.69) is 55.7 Å². The minimum atomic E-state index is 0.537. The number of hydrogen-bond acceptors (Lipinski definition) is 0. The van der Waals surface area contributed by atoms with Gasteiger partial charge in [0, 0.05) is 23.0 Å². The molecule has 1 aliphatic heterocycles. The van der Waals surface area contributed by atoms with Crippen LogP contribution in [0.4, 0.5) is 0 Å². The van der Waals surface area contributed by atoms with Crippen molar-refractivity contribution in [1.29, 1.82) is 0 Å². The predicted molar refractivity (Wildman–Crippen MR) is 62.8 cm³/mol. The molecular weight excluding hydrogens is 182 g/mol. The van der Waals surface area contributed by atoms with Crippen molar-refractivity contribution in [3.05, 3.63) is 52.8 Å². The predicted octanol–water partition coefficient (Wildman–Crippen LogP) is 3.56. The molecule has 1 aliphatic rings. The monoisotopic (exact) mass is 197 g/mol. The summed E-state index contributed by atoms with van der Waals surface area (Å²) >= 11 is 0. The number of hydrogen-bond donors (Lipinski definition) is 0. The maximum atomic E-state index is 2.40. The smallest absolute Gasteiger partial charge is 0.0494 e. The van der Waals surface area contributed by atoms with Gasteiger partial charge in [0.2, 0.25) is 0 Å². The number of rotatable bonds is 0. The number of nitrogens with zero attached hydrogens (tertiary/aromatic N) is 1. The maximum absolute atomic E-state index is 2.40. The molecule has 2 aromatic rings. The van der Waals surface area contributed by atoms with Crippen molar-refractivity contribution in [3.63, 3.8) is 0 Å². The molecule has 0 spiro atoms. The molecule has 0 saturated heterocycles. The van der Waals surface area contributed by atoms with E-state index in [1.165, 1.54) is 28.2 Å². The van der Waals surface area contributed by atoms with Gasteiger partial charge in [0.15, 0.2) is 0 Å². The Balaban J connectivity index is 2.40. The van der Waals surface area contributed by atoms with E-state index in [4.69, 9.17) is 0 Å². The third-order valence-corrected chi connectivity index (χ3v) is 3.48. The summed E-state index contributed by atoms with van der Waals surface area (Å²) in [4.78, 5) is 0. The lowest BCUT2D eigenvalue weighted by atomic mass is 9.98. The second kappa shape index (κ2) is 2.75. The highest BCUT2D eigenvalue weighted by atomic mass is 15.0. The van der Waals surface area contributed by atoms with Gasteiger partial charge in [-0.3, -0.25) is 0 Å². The fourth-order valence-electron chi connectivity index (χ4n) is 2.88. The Morgan fingerprint density at radius 3 is 2.67 bits per heavy atom. The Bertz CT molecular complexity index is 534. The van der Waals surface area contributed by atoms with Crippen molar-refractivity contribution in [2.45, 2.75) is 26.7 Å². The van der Waals surface area contributed by atoms with E-state index in [9.17, 15) is 0 Å². The van der Waals surface area contributed by atoms with Gasteiger partial charge in [0.25, 0.3) is 0 Å². The summed E-state index contributed by atoms with van der Waals surface area (Å²) < 4.78 is 2.40. The molecule has 0 radical (unpaired) electrons. The largest absolute Gasteiger partial charge is 0.317 e. The zero-order valence-corrected chi connectivity index (χ0v) is 9.41. The molecule has 1 nitrogen and oxygen atoms in total. The second-order valence-corrected chi connectivity index (χ2v) is 4.47. The van der Waals surface area contributed by atoms with E-state index >= 15 is 0 Å². The Labute approximate surface area is 90.4 Å². The van der Waals surface area contributed by atoms with Crippen LogP contribution in [0.2, 0.25) is 0 Å². The average molecular weight is 197 g/mol. The second-order valence-electron chi connectivity index (χ2n) is 4.47.